The molecule has 17 heavy (non-hydrogen) atoms. The molecule has 0 saturated carbocycles. The summed E-state index contributed by atoms with van der Waals surface area (Å²) >= 11 is 0. The number of hydrogen-bond donors (Lipinski definition) is 1. The SMILES string of the molecule is CC(C)(C)[C@H](N)c1c(F)cccc1C(F)(F)F. The number of nitrogens with two attached hydrogens (primary N) is 1. The maximum Gasteiger partial charge on any atom is 0.416 e. The van der Waals surface area contributed by atoms with E-state index in [4.69, 9.17) is 5.73 Å². The van der Waals surface area contributed by atoms with Crippen LogP contribution in [0, 0.1) is 11.2 Å². The molecule has 2 N–H and O–H groups in total. The average molecular weight is 249 g/mol. The molecule has 0 aromatic heterocycles. The second-order valence-electron chi connectivity index (χ2n) is 5.04. The first kappa shape index (κ1) is 14.0. The van der Waals surface area contributed by atoms with Crippen LogP contribution in [-0.2, 0) is 6.18 Å². The third kappa shape index (κ3) is 2.97. The quantitative estimate of drug-likeness (QED) is 0.751. The van der Waals surface area contributed by atoms with E-state index in [1.54, 1.807) is 20.8 Å². The predicted molar refractivity (Wildman–Crippen MR) is 57.8 cm³/mol. The Hall–Kier alpha value is -1.10. The molecular formula is C12H15F4N. The number of alkyl halides is 3. The van der Waals surface area contributed by atoms with Gasteiger partial charge >= 0.3 is 6.18 Å². The molecule has 1 aromatic rings. The first-order valence-corrected chi connectivity index (χ1v) is 5.16. The Morgan fingerprint density at radius 3 is 2.06 bits per heavy atom. The van der Waals surface area contributed by atoms with Crippen LogP contribution >= 0.6 is 0 Å². The monoisotopic (exact) mass is 249 g/mol. The number of halogens is 4. The summed E-state index contributed by atoms with van der Waals surface area (Å²) in [6.07, 6.45) is -4.60. The van der Waals surface area contributed by atoms with Crippen molar-refractivity contribution < 1.29 is 17.6 Å². The van der Waals surface area contributed by atoms with Crippen molar-refractivity contribution in [2.75, 3.05) is 0 Å². The first-order chi connectivity index (χ1) is 7.55. The molecule has 1 aromatic carbocycles. The normalized spacial score (nSPS) is 14.8. The van der Waals surface area contributed by atoms with E-state index in [9.17, 15) is 17.6 Å². The second kappa shape index (κ2) is 4.29. The molecule has 0 unspecified atom stereocenters. The maximum absolute atomic E-state index is 13.6. The molecule has 5 heteroatoms. The molecular weight excluding hydrogens is 234 g/mol. The van der Waals surface area contributed by atoms with Crippen molar-refractivity contribution >= 4 is 0 Å². The standard InChI is InChI=1S/C12H15F4N/c1-11(2,3)10(17)9-7(12(14,15)16)5-4-6-8(9)13/h4-6,10H,17H2,1-3H3/t10-/m1/s1. The molecule has 1 rings (SSSR count). The lowest BCUT2D eigenvalue weighted by atomic mass is 9.81. The predicted octanol–water partition coefficient (Wildman–Crippen LogP) is 3.89. The summed E-state index contributed by atoms with van der Waals surface area (Å²) in [6, 6.07) is 1.87. The highest BCUT2D eigenvalue weighted by Crippen LogP contribution is 2.40. The molecule has 0 aliphatic rings. The lowest BCUT2D eigenvalue weighted by Gasteiger charge is -2.29. The fourth-order valence-corrected chi connectivity index (χ4v) is 1.53. The molecule has 0 saturated heterocycles. The molecule has 1 atom stereocenters. The van der Waals surface area contributed by atoms with E-state index < -0.39 is 34.6 Å². The zero-order valence-electron chi connectivity index (χ0n) is 9.90. The molecule has 0 amide bonds. The first-order valence-electron chi connectivity index (χ1n) is 5.16. The zero-order chi connectivity index (χ0) is 13.4. The summed E-state index contributed by atoms with van der Waals surface area (Å²) in [7, 11) is 0. The largest absolute Gasteiger partial charge is 0.416 e. The highest BCUT2D eigenvalue weighted by atomic mass is 19.4. The van der Waals surface area contributed by atoms with Gasteiger partial charge in [0.2, 0.25) is 0 Å². The van der Waals surface area contributed by atoms with E-state index in [1.165, 1.54) is 0 Å². The van der Waals surface area contributed by atoms with Gasteiger partial charge in [0.25, 0.3) is 0 Å². The summed E-state index contributed by atoms with van der Waals surface area (Å²) < 4.78 is 51.8. The molecule has 0 aliphatic heterocycles. The van der Waals surface area contributed by atoms with Crippen LogP contribution in [0.25, 0.3) is 0 Å². The molecule has 0 radical (unpaired) electrons. The third-order valence-corrected chi connectivity index (χ3v) is 2.60. The molecule has 96 valence electrons. The molecule has 0 aliphatic carbocycles. The lowest BCUT2D eigenvalue weighted by molar-refractivity contribution is -0.138. The van der Waals surface area contributed by atoms with E-state index in [0.717, 1.165) is 18.2 Å². The molecule has 0 bridgehead atoms. The molecule has 0 fully saturated rings. The van der Waals surface area contributed by atoms with Crippen molar-refractivity contribution in [3.05, 3.63) is 35.1 Å². The Morgan fingerprint density at radius 2 is 1.65 bits per heavy atom. The fraction of sp³-hybridized carbons (Fsp3) is 0.500. The van der Waals surface area contributed by atoms with E-state index in [1.807, 2.05) is 0 Å². The third-order valence-electron chi connectivity index (χ3n) is 2.60. The summed E-state index contributed by atoms with van der Waals surface area (Å²) in [5.41, 5.74) is 3.61. The minimum atomic E-state index is -4.60. The van der Waals surface area contributed by atoms with Gasteiger partial charge < -0.3 is 5.73 Å². The Morgan fingerprint density at radius 1 is 1.12 bits per heavy atom. The highest BCUT2D eigenvalue weighted by Gasteiger charge is 2.38. The maximum atomic E-state index is 13.6. The summed E-state index contributed by atoms with van der Waals surface area (Å²) in [5, 5.41) is 0. The van der Waals surface area contributed by atoms with Crippen molar-refractivity contribution in [1.82, 2.24) is 0 Å². The Labute approximate surface area is 97.6 Å². The molecule has 1 nitrogen and oxygen atoms in total. The Bertz CT molecular complexity index is 404. The van der Waals surface area contributed by atoms with Crippen molar-refractivity contribution in [3.63, 3.8) is 0 Å². The van der Waals surface area contributed by atoms with Crippen LogP contribution in [0.3, 0.4) is 0 Å². The van der Waals surface area contributed by atoms with E-state index in [2.05, 4.69) is 0 Å². The van der Waals surface area contributed by atoms with Crippen LogP contribution in [0.4, 0.5) is 17.6 Å². The van der Waals surface area contributed by atoms with Crippen molar-refractivity contribution in [1.29, 1.82) is 0 Å². The van der Waals surface area contributed by atoms with Crippen LogP contribution in [0.15, 0.2) is 18.2 Å². The number of rotatable bonds is 1. The summed E-state index contributed by atoms with van der Waals surface area (Å²) in [5.74, 6) is -0.915. The molecule has 0 heterocycles. The van der Waals surface area contributed by atoms with Crippen molar-refractivity contribution in [2.45, 2.75) is 33.0 Å². The van der Waals surface area contributed by atoms with E-state index >= 15 is 0 Å². The minimum Gasteiger partial charge on any atom is -0.323 e. The van der Waals surface area contributed by atoms with Gasteiger partial charge in [-0.25, -0.2) is 4.39 Å². The van der Waals surface area contributed by atoms with Crippen LogP contribution in [0.1, 0.15) is 37.9 Å². The van der Waals surface area contributed by atoms with Gasteiger partial charge in [-0.2, -0.15) is 13.2 Å². The summed E-state index contributed by atoms with van der Waals surface area (Å²) in [6.45, 7) is 5.01. The minimum absolute atomic E-state index is 0.465. The van der Waals surface area contributed by atoms with Crippen LogP contribution < -0.4 is 5.73 Å². The topological polar surface area (TPSA) is 26.0 Å². The number of hydrogen-bond acceptors (Lipinski definition) is 1. The van der Waals surface area contributed by atoms with Crippen LogP contribution in [0.2, 0.25) is 0 Å². The Kier molecular flexibility index (Phi) is 3.52. The smallest absolute Gasteiger partial charge is 0.323 e. The van der Waals surface area contributed by atoms with Gasteiger partial charge in [-0.1, -0.05) is 26.8 Å². The average Bonchev–Trinajstić information content (AvgIpc) is 2.13. The van der Waals surface area contributed by atoms with Gasteiger partial charge in [0.1, 0.15) is 5.82 Å². The van der Waals surface area contributed by atoms with E-state index in [0.29, 0.717) is 0 Å². The molecule has 0 spiro atoms. The second-order valence-corrected chi connectivity index (χ2v) is 5.04. The van der Waals surface area contributed by atoms with E-state index in [-0.39, 0.29) is 0 Å². The van der Waals surface area contributed by atoms with Gasteiger partial charge in [0.05, 0.1) is 5.56 Å². The lowest BCUT2D eigenvalue weighted by Crippen LogP contribution is -2.29. The van der Waals surface area contributed by atoms with Crippen LogP contribution in [0.5, 0.6) is 0 Å². The van der Waals surface area contributed by atoms with Gasteiger partial charge in [-0.3, -0.25) is 0 Å². The Balaban J connectivity index is 3.41. The highest BCUT2D eigenvalue weighted by molar-refractivity contribution is 5.34. The van der Waals surface area contributed by atoms with Gasteiger partial charge in [-0.05, 0) is 17.5 Å². The van der Waals surface area contributed by atoms with Gasteiger partial charge in [0, 0.05) is 11.6 Å². The van der Waals surface area contributed by atoms with Crippen LogP contribution in [-0.4, -0.2) is 0 Å². The zero-order valence-corrected chi connectivity index (χ0v) is 9.90. The van der Waals surface area contributed by atoms with Gasteiger partial charge in [0.15, 0.2) is 0 Å². The van der Waals surface area contributed by atoms with Gasteiger partial charge in [-0.15, -0.1) is 0 Å². The summed E-state index contributed by atoms with van der Waals surface area (Å²) in [4.78, 5) is 0. The number of benzene rings is 1. The fourth-order valence-electron chi connectivity index (χ4n) is 1.53. The van der Waals surface area contributed by atoms with Crippen molar-refractivity contribution in [2.24, 2.45) is 11.1 Å². The van der Waals surface area contributed by atoms with Crippen molar-refractivity contribution in [3.8, 4) is 0 Å².